The van der Waals surface area contributed by atoms with Crippen LogP contribution in [-0.4, -0.2) is 76.5 Å². The van der Waals surface area contributed by atoms with Crippen molar-refractivity contribution in [1.82, 2.24) is 4.90 Å². The molecule has 222 valence electrons. The molecule has 6 fully saturated rings. The molecule has 0 aromatic carbocycles. The fourth-order valence-corrected chi connectivity index (χ4v) is 11.6. The van der Waals surface area contributed by atoms with E-state index in [1.807, 2.05) is 6.92 Å². The number of aliphatic hydroxyl groups excluding tert-OH is 2. The lowest BCUT2D eigenvalue weighted by atomic mass is 9.43. The smallest absolute Gasteiger partial charge is 0.336 e. The Labute approximate surface area is 239 Å². The van der Waals surface area contributed by atoms with Gasteiger partial charge in [0, 0.05) is 18.9 Å². The summed E-state index contributed by atoms with van der Waals surface area (Å²) in [6.45, 7) is 10.5. The third-order valence-corrected chi connectivity index (χ3v) is 13.9. The third kappa shape index (κ3) is 3.50. The number of ketones is 1. The third-order valence-electron chi connectivity index (χ3n) is 13.9. The Bertz CT molecular complexity index is 1110. The maximum Gasteiger partial charge on any atom is 0.336 e. The van der Waals surface area contributed by atoms with Crippen LogP contribution in [0.3, 0.4) is 0 Å². The van der Waals surface area contributed by atoms with E-state index in [1.54, 1.807) is 0 Å². The first-order valence-electron chi connectivity index (χ1n) is 16.2. The van der Waals surface area contributed by atoms with Crippen LogP contribution in [0.5, 0.6) is 0 Å². The van der Waals surface area contributed by atoms with E-state index in [1.165, 1.54) is 6.42 Å². The van der Waals surface area contributed by atoms with Crippen molar-refractivity contribution in [1.29, 1.82) is 0 Å². The quantitative estimate of drug-likeness (QED) is 0.399. The molecule has 0 amide bonds. The highest BCUT2D eigenvalue weighted by molar-refractivity contribution is 5.90. The van der Waals surface area contributed by atoms with E-state index in [0.29, 0.717) is 42.0 Å². The summed E-state index contributed by atoms with van der Waals surface area (Å²) >= 11 is 0. The minimum atomic E-state index is -0.699. The molecule has 7 rings (SSSR count). The van der Waals surface area contributed by atoms with Gasteiger partial charge in [-0.05, 0) is 107 Å². The van der Waals surface area contributed by atoms with Crippen molar-refractivity contribution >= 4 is 11.8 Å². The van der Waals surface area contributed by atoms with Gasteiger partial charge >= 0.3 is 5.97 Å². The maximum atomic E-state index is 14.2. The van der Waals surface area contributed by atoms with Crippen LogP contribution in [0.15, 0.2) is 11.1 Å². The predicted octanol–water partition coefficient (Wildman–Crippen LogP) is 4.04. The number of rotatable bonds is 4. The van der Waals surface area contributed by atoms with Gasteiger partial charge in [-0.3, -0.25) is 9.69 Å². The van der Waals surface area contributed by atoms with Crippen LogP contribution >= 0.6 is 0 Å². The summed E-state index contributed by atoms with van der Waals surface area (Å²) in [6, 6.07) is -0.102. The first-order chi connectivity index (χ1) is 19.1. The number of aliphatic hydroxyl groups is 2. The van der Waals surface area contributed by atoms with Crippen molar-refractivity contribution in [3.8, 4) is 0 Å². The average Bonchev–Trinajstić information content (AvgIpc) is 3.57. The van der Waals surface area contributed by atoms with Crippen LogP contribution in [0.4, 0.5) is 0 Å². The first-order valence-corrected chi connectivity index (χ1v) is 16.2. The zero-order valence-electron chi connectivity index (χ0n) is 24.9. The molecule has 7 nitrogen and oxygen atoms in total. The van der Waals surface area contributed by atoms with Crippen molar-refractivity contribution in [3.63, 3.8) is 0 Å². The molecule has 0 aromatic heterocycles. The van der Waals surface area contributed by atoms with Gasteiger partial charge in [-0.25, -0.2) is 4.79 Å². The molecule has 0 radical (unpaired) electrons. The number of carbonyl (C=O) groups is 2. The molecule has 3 aliphatic heterocycles. The van der Waals surface area contributed by atoms with E-state index in [0.717, 1.165) is 63.6 Å². The van der Waals surface area contributed by atoms with Gasteiger partial charge in [-0.2, -0.15) is 0 Å². The number of ether oxygens (including phenoxy) is 2. The number of carbonyl (C=O) groups excluding carboxylic acids is 2. The van der Waals surface area contributed by atoms with Gasteiger partial charge in [0.2, 0.25) is 0 Å². The van der Waals surface area contributed by atoms with Crippen LogP contribution in [0.1, 0.15) is 91.9 Å². The standard InChI is InChI=1S/C33H49NO6/c1-18-14-26(39-30(38)21(18)17-35)19(2)22-8-9-23-20-15-28-33(40-28)29(37)25(34-12-6-5-7-13-34)16-27(36)32(33,4)24(20)10-11-31(22,23)3/h19-20,22-26,28-29,35,37H,5-17H2,1-4H3. The number of nitrogens with zero attached hydrogens (tertiary/aromatic N) is 1. The molecule has 2 N–H and O–H groups in total. The van der Waals surface area contributed by atoms with Gasteiger partial charge in [-0.1, -0.05) is 25.8 Å². The average molecular weight is 556 g/mol. The molecule has 4 aliphatic carbocycles. The Morgan fingerprint density at radius 2 is 1.80 bits per heavy atom. The van der Waals surface area contributed by atoms with Crippen molar-refractivity contribution in [2.24, 2.45) is 40.4 Å². The molecular formula is C33H49NO6. The second kappa shape index (κ2) is 9.36. The van der Waals surface area contributed by atoms with Crippen molar-refractivity contribution in [2.45, 2.75) is 122 Å². The summed E-state index contributed by atoms with van der Waals surface area (Å²) in [5.74, 6) is 1.87. The van der Waals surface area contributed by atoms with Gasteiger partial charge in [0.05, 0.1) is 23.7 Å². The van der Waals surface area contributed by atoms with Gasteiger partial charge in [-0.15, -0.1) is 0 Å². The highest BCUT2D eigenvalue weighted by Crippen LogP contribution is 2.74. The van der Waals surface area contributed by atoms with Gasteiger partial charge in [0.1, 0.15) is 23.6 Å². The molecule has 2 saturated heterocycles. The Morgan fingerprint density at radius 3 is 2.50 bits per heavy atom. The summed E-state index contributed by atoms with van der Waals surface area (Å²) in [5, 5.41) is 21.5. The molecule has 0 bridgehead atoms. The highest BCUT2D eigenvalue weighted by atomic mass is 16.6. The Kier molecular flexibility index (Phi) is 6.44. The lowest BCUT2D eigenvalue weighted by Gasteiger charge is -2.60. The van der Waals surface area contributed by atoms with Crippen molar-refractivity contribution in [2.75, 3.05) is 19.7 Å². The topological polar surface area (TPSA) is 99.6 Å². The minimum Gasteiger partial charge on any atom is -0.458 e. The van der Waals surface area contributed by atoms with Gasteiger partial charge < -0.3 is 19.7 Å². The normalized spacial score (nSPS) is 51.4. The van der Waals surface area contributed by atoms with E-state index >= 15 is 0 Å². The summed E-state index contributed by atoms with van der Waals surface area (Å²) in [5.41, 5.74) is 0.205. The number of piperidine rings is 1. The molecule has 12 unspecified atom stereocenters. The Morgan fingerprint density at radius 1 is 1.05 bits per heavy atom. The van der Waals surface area contributed by atoms with E-state index < -0.39 is 17.1 Å². The number of hydrogen-bond donors (Lipinski definition) is 2. The Hall–Kier alpha value is -1.28. The Balaban J connectivity index is 1.13. The fraction of sp³-hybridized carbons (Fsp3) is 0.879. The monoisotopic (exact) mass is 555 g/mol. The number of esters is 1. The summed E-state index contributed by atoms with van der Waals surface area (Å²) in [7, 11) is 0. The van der Waals surface area contributed by atoms with Gasteiger partial charge in [0.25, 0.3) is 0 Å². The van der Waals surface area contributed by atoms with E-state index in [2.05, 4.69) is 25.7 Å². The van der Waals surface area contributed by atoms with E-state index in [-0.39, 0.29) is 48.1 Å². The first kappa shape index (κ1) is 27.5. The number of epoxide rings is 1. The van der Waals surface area contributed by atoms with Crippen LogP contribution in [0.25, 0.3) is 0 Å². The maximum absolute atomic E-state index is 14.2. The predicted molar refractivity (Wildman–Crippen MR) is 149 cm³/mol. The lowest BCUT2D eigenvalue weighted by Crippen LogP contribution is -2.70. The summed E-state index contributed by atoms with van der Waals surface area (Å²) < 4.78 is 12.5. The molecule has 7 heteroatoms. The molecule has 40 heavy (non-hydrogen) atoms. The molecule has 7 aliphatic rings. The second-order valence-corrected chi connectivity index (χ2v) is 15.1. The molecule has 4 saturated carbocycles. The zero-order valence-corrected chi connectivity index (χ0v) is 24.9. The summed E-state index contributed by atoms with van der Waals surface area (Å²) in [6.07, 6.45) is 9.22. The molecule has 0 aromatic rings. The molecule has 3 heterocycles. The number of Topliss-reactive ketones (excluding diaryl/α,β-unsaturated/α-hetero) is 1. The number of hydrogen-bond acceptors (Lipinski definition) is 7. The zero-order chi connectivity index (χ0) is 28.2. The van der Waals surface area contributed by atoms with Crippen LogP contribution in [-0.2, 0) is 19.1 Å². The number of likely N-dealkylation sites (tertiary alicyclic amines) is 1. The molecular weight excluding hydrogens is 506 g/mol. The van der Waals surface area contributed by atoms with Crippen LogP contribution in [0.2, 0.25) is 0 Å². The van der Waals surface area contributed by atoms with Crippen LogP contribution < -0.4 is 0 Å². The van der Waals surface area contributed by atoms with E-state index in [4.69, 9.17) is 9.47 Å². The summed E-state index contributed by atoms with van der Waals surface area (Å²) in [4.78, 5) is 29.2. The second-order valence-electron chi connectivity index (χ2n) is 15.1. The van der Waals surface area contributed by atoms with Crippen molar-refractivity contribution in [3.05, 3.63) is 11.1 Å². The number of cyclic esters (lactones) is 1. The fourth-order valence-electron chi connectivity index (χ4n) is 11.6. The van der Waals surface area contributed by atoms with E-state index in [9.17, 15) is 19.8 Å². The van der Waals surface area contributed by atoms with Crippen molar-refractivity contribution < 1.29 is 29.3 Å². The molecule has 12 atom stereocenters. The van der Waals surface area contributed by atoms with Gasteiger partial charge in [0.15, 0.2) is 0 Å². The number of fused-ring (bicyclic) bond motifs is 4. The lowest BCUT2D eigenvalue weighted by molar-refractivity contribution is -0.176. The largest absolute Gasteiger partial charge is 0.458 e. The van der Waals surface area contributed by atoms with Crippen LogP contribution in [0, 0.1) is 40.4 Å². The minimum absolute atomic E-state index is 0.0203. The molecule has 1 spiro atoms. The SMILES string of the molecule is CC1=C(CO)C(=O)OC(C(C)C2CCC3C4CC5OC56C(O)C(N5CCCCC5)CC(=O)C6(C)C4CCC23C)C1. The highest BCUT2D eigenvalue weighted by Gasteiger charge is 2.82.